The number of likely N-dealkylation sites (N-methyl/N-ethyl adjacent to an activating group) is 1. The average molecular weight is 344 g/mol. The lowest BCUT2D eigenvalue weighted by atomic mass is 10.1. The largest absolute Gasteiger partial charge is 0.508 e. The number of nitro benzene ring substituents is 1. The van der Waals surface area contributed by atoms with Gasteiger partial charge in [-0.15, -0.1) is 0 Å². The Morgan fingerprint density at radius 2 is 1.92 bits per heavy atom. The SMILES string of the molecule is Cc1cccc(CN(CCN(C)C)Cc2cc([N+](=O)[O-])ccc2O)n1. The molecule has 0 radical (unpaired) electrons. The zero-order valence-corrected chi connectivity index (χ0v) is 14.8. The Kier molecular flexibility index (Phi) is 6.44. The van der Waals surface area contributed by atoms with Gasteiger partial charge in [-0.1, -0.05) is 6.07 Å². The summed E-state index contributed by atoms with van der Waals surface area (Å²) in [5.74, 6) is 0.0673. The fraction of sp³-hybridized carbons (Fsp3) is 0.389. The lowest BCUT2D eigenvalue weighted by Gasteiger charge is -2.24. The number of aryl methyl sites for hydroxylation is 1. The van der Waals surface area contributed by atoms with Crippen LogP contribution in [0.4, 0.5) is 5.69 Å². The van der Waals surface area contributed by atoms with Crippen molar-refractivity contribution in [3.05, 3.63) is 63.5 Å². The Morgan fingerprint density at radius 3 is 2.56 bits per heavy atom. The Hall–Kier alpha value is -2.51. The number of nitro groups is 1. The van der Waals surface area contributed by atoms with E-state index in [0.29, 0.717) is 18.7 Å². The van der Waals surface area contributed by atoms with Gasteiger partial charge in [0, 0.05) is 49.6 Å². The molecule has 7 heteroatoms. The summed E-state index contributed by atoms with van der Waals surface area (Å²) in [7, 11) is 3.99. The van der Waals surface area contributed by atoms with Crippen LogP contribution in [0.5, 0.6) is 5.75 Å². The molecule has 1 aromatic heterocycles. The normalized spacial score (nSPS) is 11.2. The molecule has 1 N–H and O–H groups in total. The van der Waals surface area contributed by atoms with Gasteiger partial charge >= 0.3 is 0 Å². The third-order valence-electron chi connectivity index (χ3n) is 3.86. The molecule has 0 spiro atoms. The summed E-state index contributed by atoms with van der Waals surface area (Å²) in [4.78, 5) is 19.3. The maximum absolute atomic E-state index is 11.0. The van der Waals surface area contributed by atoms with Crippen LogP contribution in [0.2, 0.25) is 0 Å². The Balaban J connectivity index is 2.20. The van der Waals surface area contributed by atoms with Crippen LogP contribution >= 0.6 is 0 Å². The molecule has 0 saturated carbocycles. The Labute approximate surface area is 147 Å². The topological polar surface area (TPSA) is 82.7 Å². The monoisotopic (exact) mass is 344 g/mol. The van der Waals surface area contributed by atoms with Crippen molar-refractivity contribution in [1.82, 2.24) is 14.8 Å². The second-order valence-corrected chi connectivity index (χ2v) is 6.35. The quantitative estimate of drug-likeness (QED) is 0.585. The van der Waals surface area contributed by atoms with Crippen molar-refractivity contribution in [2.45, 2.75) is 20.0 Å². The van der Waals surface area contributed by atoms with E-state index in [1.807, 2.05) is 39.2 Å². The minimum atomic E-state index is -0.449. The van der Waals surface area contributed by atoms with Crippen molar-refractivity contribution in [1.29, 1.82) is 0 Å². The molecular formula is C18H24N4O3. The minimum Gasteiger partial charge on any atom is -0.508 e. The number of phenols is 1. The van der Waals surface area contributed by atoms with Gasteiger partial charge in [-0.25, -0.2) is 0 Å². The summed E-state index contributed by atoms with van der Waals surface area (Å²) in [6.07, 6.45) is 0. The molecule has 25 heavy (non-hydrogen) atoms. The predicted molar refractivity (Wildman–Crippen MR) is 96.4 cm³/mol. The van der Waals surface area contributed by atoms with Crippen LogP contribution in [0.1, 0.15) is 17.0 Å². The van der Waals surface area contributed by atoms with Crippen molar-refractivity contribution >= 4 is 5.69 Å². The summed E-state index contributed by atoms with van der Waals surface area (Å²) >= 11 is 0. The summed E-state index contributed by atoms with van der Waals surface area (Å²) in [5.41, 5.74) is 2.40. The van der Waals surface area contributed by atoms with Crippen molar-refractivity contribution in [3.8, 4) is 5.75 Å². The molecule has 0 unspecified atom stereocenters. The van der Waals surface area contributed by atoms with E-state index in [2.05, 4.69) is 14.8 Å². The number of aromatic hydroxyl groups is 1. The Bertz CT molecular complexity index is 734. The molecule has 0 saturated heterocycles. The number of phenolic OH excluding ortho intramolecular Hbond substituents is 1. The molecule has 2 aromatic rings. The highest BCUT2D eigenvalue weighted by molar-refractivity contribution is 5.43. The molecule has 134 valence electrons. The average Bonchev–Trinajstić information content (AvgIpc) is 2.54. The van der Waals surface area contributed by atoms with Crippen molar-refractivity contribution < 1.29 is 10.0 Å². The van der Waals surface area contributed by atoms with Crippen LogP contribution in [0, 0.1) is 17.0 Å². The van der Waals surface area contributed by atoms with E-state index in [-0.39, 0.29) is 11.4 Å². The van der Waals surface area contributed by atoms with E-state index in [9.17, 15) is 15.2 Å². The van der Waals surface area contributed by atoms with Crippen molar-refractivity contribution in [2.24, 2.45) is 0 Å². The predicted octanol–water partition coefficient (Wildman–Crippen LogP) is 2.57. The smallest absolute Gasteiger partial charge is 0.270 e. The first-order chi connectivity index (χ1) is 11.8. The maximum Gasteiger partial charge on any atom is 0.270 e. The number of hydrogen-bond acceptors (Lipinski definition) is 6. The third kappa shape index (κ3) is 5.81. The fourth-order valence-electron chi connectivity index (χ4n) is 2.53. The summed E-state index contributed by atoms with van der Waals surface area (Å²) in [5, 5.41) is 21.1. The van der Waals surface area contributed by atoms with Crippen LogP contribution in [0.25, 0.3) is 0 Å². The highest BCUT2D eigenvalue weighted by Gasteiger charge is 2.15. The van der Waals surface area contributed by atoms with Gasteiger partial charge in [0.1, 0.15) is 5.75 Å². The molecule has 7 nitrogen and oxygen atoms in total. The zero-order chi connectivity index (χ0) is 18.4. The molecule has 0 amide bonds. The van der Waals surface area contributed by atoms with Gasteiger partial charge in [0.2, 0.25) is 0 Å². The van der Waals surface area contributed by atoms with Crippen LogP contribution < -0.4 is 0 Å². The first-order valence-electron chi connectivity index (χ1n) is 8.11. The number of aromatic nitrogens is 1. The molecule has 0 fully saturated rings. The van der Waals surface area contributed by atoms with E-state index in [0.717, 1.165) is 24.5 Å². The van der Waals surface area contributed by atoms with E-state index in [4.69, 9.17) is 0 Å². The van der Waals surface area contributed by atoms with E-state index in [1.54, 1.807) is 0 Å². The summed E-state index contributed by atoms with van der Waals surface area (Å²) < 4.78 is 0. The number of nitrogens with zero attached hydrogens (tertiary/aromatic N) is 4. The fourth-order valence-corrected chi connectivity index (χ4v) is 2.53. The van der Waals surface area contributed by atoms with E-state index in [1.165, 1.54) is 18.2 Å². The highest BCUT2D eigenvalue weighted by atomic mass is 16.6. The van der Waals surface area contributed by atoms with E-state index >= 15 is 0 Å². The molecule has 0 aliphatic rings. The number of benzene rings is 1. The summed E-state index contributed by atoms with van der Waals surface area (Å²) in [6, 6.07) is 9.99. The second kappa shape index (κ2) is 8.55. The lowest BCUT2D eigenvalue weighted by Crippen LogP contribution is -2.31. The van der Waals surface area contributed by atoms with Crippen LogP contribution in [0.15, 0.2) is 36.4 Å². The highest BCUT2D eigenvalue weighted by Crippen LogP contribution is 2.24. The van der Waals surface area contributed by atoms with Gasteiger partial charge < -0.3 is 10.0 Å². The van der Waals surface area contributed by atoms with Crippen molar-refractivity contribution in [2.75, 3.05) is 27.2 Å². The Morgan fingerprint density at radius 1 is 1.16 bits per heavy atom. The van der Waals surface area contributed by atoms with Gasteiger partial charge in [-0.2, -0.15) is 0 Å². The maximum atomic E-state index is 11.0. The van der Waals surface area contributed by atoms with Crippen molar-refractivity contribution in [3.63, 3.8) is 0 Å². The molecule has 0 atom stereocenters. The van der Waals surface area contributed by atoms with Gasteiger partial charge in [-0.05, 0) is 39.2 Å². The summed E-state index contributed by atoms with van der Waals surface area (Å²) in [6.45, 7) is 4.56. The first-order valence-corrected chi connectivity index (χ1v) is 8.11. The van der Waals surface area contributed by atoms with Gasteiger partial charge in [0.15, 0.2) is 0 Å². The molecule has 0 bridgehead atoms. The molecule has 0 aliphatic carbocycles. The van der Waals surface area contributed by atoms with E-state index < -0.39 is 4.92 Å². The molecule has 1 aromatic carbocycles. The van der Waals surface area contributed by atoms with Gasteiger partial charge in [-0.3, -0.25) is 20.0 Å². The number of hydrogen-bond donors (Lipinski definition) is 1. The first kappa shape index (κ1) is 18.8. The molecule has 0 aliphatic heterocycles. The standard InChI is InChI=1S/C18H24N4O3/c1-14-5-4-6-16(19-14)13-21(10-9-20(2)3)12-15-11-17(22(24)25)7-8-18(15)23/h4-8,11,23H,9-10,12-13H2,1-3H3. The molecule has 2 rings (SSSR count). The molecule has 1 heterocycles. The van der Waals surface area contributed by atoms with Gasteiger partial charge in [0.25, 0.3) is 5.69 Å². The third-order valence-corrected chi connectivity index (χ3v) is 3.86. The van der Waals surface area contributed by atoms with Crippen LogP contribution in [0.3, 0.4) is 0 Å². The van der Waals surface area contributed by atoms with Crippen LogP contribution in [-0.4, -0.2) is 52.0 Å². The molecular weight excluding hydrogens is 320 g/mol. The zero-order valence-electron chi connectivity index (χ0n) is 14.8. The lowest BCUT2D eigenvalue weighted by molar-refractivity contribution is -0.385. The second-order valence-electron chi connectivity index (χ2n) is 6.35. The number of rotatable bonds is 8. The number of pyridine rings is 1. The minimum absolute atomic E-state index is 0.0194. The number of non-ortho nitro benzene ring substituents is 1. The van der Waals surface area contributed by atoms with Gasteiger partial charge in [0.05, 0.1) is 10.6 Å². The van der Waals surface area contributed by atoms with Crippen LogP contribution in [-0.2, 0) is 13.1 Å².